The topological polar surface area (TPSA) is 94.4 Å². The van der Waals surface area contributed by atoms with Gasteiger partial charge in [0.2, 0.25) is 0 Å². The van der Waals surface area contributed by atoms with E-state index in [1.807, 2.05) is 0 Å². The molecule has 0 aliphatic rings. The molecule has 0 aliphatic heterocycles. The van der Waals surface area contributed by atoms with Gasteiger partial charge in [0.1, 0.15) is 28.7 Å². The van der Waals surface area contributed by atoms with Crippen LogP contribution in [0.5, 0.6) is 0 Å². The van der Waals surface area contributed by atoms with Crippen LogP contribution in [0.4, 0.5) is 18.9 Å². The maximum atomic E-state index is 13.9. The minimum atomic E-state index is -2.00. The van der Waals surface area contributed by atoms with Crippen molar-refractivity contribution in [2.75, 3.05) is 4.72 Å². The van der Waals surface area contributed by atoms with Crippen LogP contribution in [0.25, 0.3) is 5.69 Å². The largest absolute Gasteiger partial charge is 0.588 e. The molecule has 144 valence electrons. The number of nitrogens with zero attached hydrogens (tertiary/aromatic N) is 1. The highest BCUT2D eigenvalue weighted by Gasteiger charge is 2.19. The number of pyridine rings is 1. The molecule has 6 nitrogen and oxygen atoms in total. The Balaban J connectivity index is 1.82. The molecule has 0 spiro atoms. The van der Waals surface area contributed by atoms with Crippen LogP contribution in [0.15, 0.2) is 64.4 Å². The Morgan fingerprint density at radius 2 is 1.71 bits per heavy atom. The number of benzene rings is 2. The summed E-state index contributed by atoms with van der Waals surface area (Å²) in [6, 6.07) is 8.66. The Hall–Kier alpha value is -3.24. The first-order valence-electron chi connectivity index (χ1n) is 7.65. The van der Waals surface area contributed by atoms with Crippen molar-refractivity contribution in [1.82, 2.24) is 4.57 Å². The third-order valence-corrected chi connectivity index (χ3v) is 4.81. The summed E-state index contributed by atoms with van der Waals surface area (Å²) in [4.78, 5) is 22.7. The highest BCUT2D eigenvalue weighted by atomic mass is 32.2. The first kappa shape index (κ1) is 19.5. The molecule has 28 heavy (non-hydrogen) atoms. The molecule has 0 saturated heterocycles. The Kier molecular flexibility index (Phi) is 5.43. The third kappa shape index (κ3) is 4.02. The fourth-order valence-corrected chi connectivity index (χ4v) is 3.20. The van der Waals surface area contributed by atoms with Crippen molar-refractivity contribution in [3.8, 4) is 5.69 Å². The van der Waals surface area contributed by atoms with Crippen LogP contribution in [0, 0.1) is 17.5 Å². The Labute approximate surface area is 159 Å². The molecule has 0 bridgehead atoms. The van der Waals surface area contributed by atoms with Gasteiger partial charge in [0.25, 0.3) is 5.56 Å². The van der Waals surface area contributed by atoms with E-state index < -0.39 is 51.6 Å². The number of hydrogen-bond acceptors (Lipinski definition) is 4. The van der Waals surface area contributed by atoms with Gasteiger partial charge in [-0.15, -0.1) is 0 Å². The molecule has 1 unspecified atom stereocenters. The van der Waals surface area contributed by atoms with E-state index in [1.165, 1.54) is 35.0 Å². The van der Waals surface area contributed by atoms with Gasteiger partial charge in [-0.2, -0.15) is 0 Å². The van der Waals surface area contributed by atoms with Crippen molar-refractivity contribution in [3.05, 3.63) is 88.1 Å². The lowest BCUT2D eigenvalue weighted by Crippen LogP contribution is -2.18. The zero-order chi connectivity index (χ0) is 20.4. The standard InChI is InChI=1S/C18H11F3N2O4S/c19-10-5-6-23(17(24)7-10)11-1-3-12(4-2-11)28(27)22-16-9-14(20)13(18(25)26)8-15(16)21/h1-9,22H,(H,25,26). The smallest absolute Gasteiger partial charge is 0.338 e. The lowest BCUT2D eigenvalue weighted by atomic mass is 10.2. The summed E-state index contributed by atoms with van der Waals surface area (Å²) in [5, 5.41) is 8.76. The molecule has 0 amide bonds. The molecule has 2 N–H and O–H groups in total. The average Bonchev–Trinajstić information content (AvgIpc) is 2.64. The second-order valence-electron chi connectivity index (χ2n) is 5.53. The van der Waals surface area contributed by atoms with E-state index in [2.05, 4.69) is 4.72 Å². The first-order valence-corrected chi connectivity index (χ1v) is 8.80. The molecule has 0 radical (unpaired) electrons. The van der Waals surface area contributed by atoms with Crippen molar-refractivity contribution in [1.29, 1.82) is 0 Å². The van der Waals surface area contributed by atoms with Gasteiger partial charge in [0.05, 0.1) is 5.56 Å². The van der Waals surface area contributed by atoms with E-state index in [1.54, 1.807) is 0 Å². The first-order chi connectivity index (χ1) is 13.3. The molecule has 0 aliphatic carbocycles. The summed E-state index contributed by atoms with van der Waals surface area (Å²) < 4.78 is 56.4. The Morgan fingerprint density at radius 3 is 2.32 bits per heavy atom. The number of carboxylic acids is 1. The highest BCUT2D eigenvalue weighted by Crippen LogP contribution is 2.23. The number of carboxylic acid groups (broad SMARTS) is 1. The molecule has 2 aromatic carbocycles. The summed E-state index contributed by atoms with van der Waals surface area (Å²) >= 11 is -2.00. The van der Waals surface area contributed by atoms with E-state index in [0.29, 0.717) is 17.8 Å². The number of aromatic nitrogens is 1. The highest BCUT2D eigenvalue weighted by molar-refractivity contribution is 7.92. The molecule has 0 fully saturated rings. The van der Waals surface area contributed by atoms with E-state index in [0.717, 1.165) is 12.1 Å². The van der Waals surface area contributed by atoms with E-state index >= 15 is 0 Å². The summed E-state index contributed by atoms with van der Waals surface area (Å²) in [5.41, 5.74) is -1.53. The van der Waals surface area contributed by atoms with Gasteiger partial charge in [-0.3, -0.25) is 9.36 Å². The number of anilines is 1. The van der Waals surface area contributed by atoms with Crippen molar-refractivity contribution >= 4 is 23.0 Å². The van der Waals surface area contributed by atoms with Gasteiger partial charge in [0.15, 0.2) is 10.7 Å². The van der Waals surface area contributed by atoms with Gasteiger partial charge in [-0.05, 0) is 36.4 Å². The number of aromatic carboxylic acids is 1. The van der Waals surface area contributed by atoms with Gasteiger partial charge >= 0.3 is 5.97 Å². The minimum Gasteiger partial charge on any atom is -0.588 e. The second-order valence-corrected chi connectivity index (χ2v) is 6.75. The van der Waals surface area contributed by atoms with Crippen LogP contribution in [0.3, 0.4) is 0 Å². The Bertz CT molecular complexity index is 1100. The predicted octanol–water partition coefficient (Wildman–Crippen LogP) is 3.09. The van der Waals surface area contributed by atoms with Crippen LogP contribution in [-0.4, -0.2) is 20.2 Å². The van der Waals surface area contributed by atoms with Crippen molar-refractivity contribution < 1.29 is 27.6 Å². The Morgan fingerprint density at radius 1 is 1.04 bits per heavy atom. The molecule has 3 aromatic rings. The lowest BCUT2D eigenvalue weighted by Gasteiger charge is -2.13. The number of carbonyl (C=O) groups is 1. The normalized spacial score (nSPS) is 11.9. The number of rotatable bonds is 5. The predicted molar refractivity (Wildman–Crippen MR) is 95.3 cm³/mol. The summed E-state index contributed by atoms with van der Waals surface area (Å²) in [7, 11) is 0. The molecular formula is C18H11F3N2O4S. The molecule has 0 saturated carbocycles. The zero-order valence-electron chi connectivity index (χ0n) is 13.9. The fourth-order valence-electron chi connectivity index (χ4n) is 2.35. The van der Waals surface area contributed by atoms with Gasteiger partial charge in [0, 0.05) is 24.0 Å². The monoisotopic (exact) mass is 408 g/mol. The average molecular weight is 408 g/mol. The fraction of sp³-hybridized carbons (Fsp3) is 0. The van der Waals surface area contributed by atoms with Crippen LogP contribution in [-0.2, 0) is 11.4 Å². The van der Waals surface area contributed by atoms with Crippen LogP contribution in [0.1, 0.15) is 10.4 Å². The third-order valence-electron chi connectivity index (χ3n) is 3.70. The summed E-state index contributed by atoms with van der Waals surface area (Å²) in [6.45, 7) is 0. The van der Waals surface area contributed by atoms with Gasteiger partial charge in [-0.1, -0.05) is 0 Å². The van der Waals surface area contributed by atoms with E-state index in [4.69, 9.17) is 5.11 Å². The molecule has 1 heterocycles. The van der Waals surface area contributed by atoms with Gasteiger partial charge < -0.3 is 9.66 Å². The van der Waals surface area contributed by atoms with Crippen molar-refractivity contribution in [2.24, 2.45) is 0 Å². The maximum Gasteiger partial charge on any atom is 0.338 e. The summed E-state index contributed by atoms with van der Waals surface area (Å²) in [6.07, 6.45) is 1.24. The quantitative estimate of drug-likeness (QED) is 0.633. The molecule has 3 rings (SSSR count). The van der Waals surface area contributed by atoms with Crippen LogP contribution < -0.4 is 10.3 Å². The van der Waals surface area contributed by atoms with Crippen LogP contribution >= 0.6 is 0 Å². The second kappa shape index (κ2) is 7.79. The zero-order valence-corrected chi connectivity index (χ0v) is 14.7. The maximum absolute atomic E-state index is 13.9. The minimum absolute atomic E-state index is 0.182. The molecule has 1 atom stereocenters. The van der Waals surface area contributed by atoms with E-state index in [-0.39, 0.29) is 4.90 Å². The van der Waals surface area contributed by atoms with Gasteiger partial charge in [-0.25, -0.2) is 22.7 Å². The van der Waals surface area contributed by atoms with Crippen molar-refractivity contribution in [2.45, 2.75) is 4.90 Å². The number of halogens is 3. The molecule has 10 heteroatoms. The van der Waals surface area contributed by atoms with E-state index in [9.17, 15) is 27.3 Å². The molecule has 1 aromatic heterocycles. The van der Waals surface area contributed by atoms with Crippen molar-refractivity contribution in [3.63, 3.8) is 0 Å². The summed E-state index contributed by atoms with van der Waals surface area (Å²) in [5.74, 6) is -4.57. The number of nitrogens with one attached hydrogen (secondary N) is 1. The van der Waals surface area contributed by atoms with Crippen LogP contribution in [0.2, 0.25) is 0 Å². The molecular weight excluding hydrogens is 397 g/mol. The lowest BCUT2D eigenvalue weighted by molar-refractivity contribution is 0.0691. The number of hydrogen-bond donors (Lipinski definition) is 2. The SMILES string of the molecule is O=C(O)c1cc(F)c(N[S+]([O-])c2ccc(-n3ccc(F)cc3=O)cc2)cc1F.